The first-order valence-corrected chi connectivity index (χ1v) is 12.0. The van der Waals surface area contributed by atoms with Gasteiger partial charge >= 0.3 is 10.4 Å². The highest BCUT2D eigenvalue weighted by Crippen LogP contribution is 2.41. The Morgan fingerprint density at radius 2 is 1.71 bits per heavy atom. The number of pyridine rings is 1. The molecular weight excluding hydrogens is 498 g/mol. The lowest BCUT2D eigenvalue weighted by Gasteiger charge is -2.17. The lowest BCUT2D eigenvalue weighted by molar-refractivity contribution is -0.686. The first kappa shape index (κ1) is 25.4. The molecule has 0 bridgehead atoms. The van der Waals surface area contributed by atoms with Gasteiger partial charge in [0.2, 0.25) is 22.9 Å². The van der Waals surface area contributed by atoms with Gasteiger partial charge in [0.05, 0.1) is 18.1 Å². The highest BCUT2D eigenvalue weighted by atomic mass is 32.3. The van der Waals surface area contributed by atoms with E-state index in [9.17, 15) is 5.11 Å². The molecule has 0 unspecified atom stereocenters. The van der Waals surface area contributed by atoms with Gasteiger partial charge in [-0.3, -0.25) is 13.7 Å². The number of hydrogen-bond acceptors (Lipinski definition) is 9. The number of hydrogen-bond donors (Lipinski definition) is 4. The zero-order chi connectivity index (χ0) is 25.3. The van der Waals surface area contributed by atoms with E-state index in [0.29, 0.717) is 5.75 Å². The number of phenols is 1. The van der Waals surface area contributed by atoms with Crippen molar-refractivity contribution in [2.75, 3.05) is 13.9 Å². The fourth-order valence-corrected chi connectivity index (χ4v) is 3.60. The van der Waals surface area contributed by atoms with Crippen LogP contribution in [-0.2, 0) is 33.8 Å². The van der Waals surface area contributed by atoms with Crippen LogP contribution < -0.4 is 18.8 Å². The van der Waals surface area contributed by atoms with Gasteiger partial charge in [0.15, 0.2) is 35.7 Å². The van der Waals surface area contributed by atoms with Crippen molar-refractivity contribution in [1.29, 1.82) is 0 Å². The number of aromatic hydroxyl groups is 1. The van der Waals surface area contributed by atoms with Crippen LogP contribution in [0.5, 0.6) is 23.0 Å². The largest absolute Gasteiger partial charge is 0.726 e. The molecule has 1 aromatic heterocycles. The quantitative estimate of drug-likeness (QED) is 0.204. The van der Waals surface area contributed by atoms with Gasteiger partial charge in [-0.15, -0.1) is 0 Å². The molecule has 0 saturated carbocycles. The van der Waals surface area contributed by atoms with Crippen LogP contribution in [0.3, 0.4) is 0 Å². The highest BCUT2D eigenvalue weighted by molar-refractivity contribution is 7.80. The molecule has 15 heteroatoms. The first-order valence-electron chi connectivity index (χ1n) is 9.29. The van der Waals surface area contributed by atoms with Crippen molar-refractivity contribution >= 4 is 31.6 Å². The van der Waals surface area contributed by atoms with Crippen molar-refractivity contribution in [3.05, 3.63) is 42.1 Å². The number of methoxy groups -OCH3 is 1. The number of aromatic nitrogens is 1. The predicted molar refractivity (Wildman–Crippen MR) is 114 cm³/mol. The van der Waals surface area contributed by atoms with Gasteiger partial charge in [0.1, 0.15) is 0 Å². The van der Waals surface area contributed by atoms with Crippen LogP contribution >= 0.6 is 0 Å². The zero-order valence-electron chi connectivity index (χ0n) is 17.4. The fourth-order valence-electron chi connectivity index (χ4n) is 3.60. The van der Waals surface area contributed by atoms with E-state index >= 15 is 0 Å². The summed E-state index contributed by atoms with van der Waals surface area (Å²) in [6.45, 7) is 1.14. The fraction of sp³-hybridized carbons (Fsp3) is 0.211. The molecular formula is C19H19NO12S2. The maximum Gasteiger partial charge on any atom is 0.394 e. The minimum absolute atomic E-state index is 0.162. The van der Waals surface area contributed by atoms with Gasteiger partial charge < -0.3 is 23.9 Å². The minimum Gasteiger partial charge on any atom is -0.726 e. The number of benzene rings is 2. The molecule has 0 saturated heterocycles. The Morgan fingerprint density at radius 1 is 1.06 bits per heavy atom. The van der Waals surface area contributed by atoms with E-state index in [1.807, 2.05) is 18.2 Å². The second-order valence-electron chi connectivity index (χ2n) is 6.96. The van der Waals surface area contributed by atoms with E-state index < -0.39 is 20.8 Å². The molecule has 3 aromatic rings. The van der Waals surface area contributed by atoms with Gasteiger partial charge in [-0.05, 0) is 35.2 Å². The SMILES string of the molecule is COc1cc2c(cc1O)-c1cc3ccc4c(c3c[n+]1CC2)OCO4.O=S(=O)(O)O.O=S(=O)([O-])O. The summed E-state index contributed by atoms with van der Waals surface area (Å²) in [4.78, 5) is 0. The molecule has 3 heterocycles. The van der Waals surface area contributed by atoms with Crippen molar-refractivity contribution in [2.24, 2.45) is 0 Å². The van der Waals surface area contributed by atoms with Crippen LogP contribution in [0.1, 0.15) is 5.56 Å². The first-order chi connectivity index (χ1) is 15.7. The molecule has 2 aromatic carbocycles. The van der Waals surface area contributed by atoms with Gasteiger partial charge in [-0.2, -0.15) is 13.0 Å². The summed E-state index contributed by atoms with van der Waals surface area (Å²) < 4.78 is 83.0. The Bertz CT molecular complexity index is 1410. The van der Waals surface area contributed by atoms with Crippen molar-refractivity contribution in [3.63, 3.8) is 0 Å². The summed E-state index contributed by atoms with van der Waals surface area (Å²) in [5.41, 5.74) is 3.31. The Kier molecular flexibility index (Phi) is 7.15. The van der Waals surface area contributed by atoms with E-state index in [1.165, 1.54) is 5.56 Å². The van der Waals surface area contributed by atoms with Gasteiger partial charge in [0.25, 0.3) is 0 Å². The van der Waals surface area contributed by atoms with Crippen LogP contribution in [0.15, 0.2) is 36.5 Å². The van der Waals surface area contributed by atoms with E-state index in [2.05, 4.69) is 16.8 Å². The van der Waals surface area contributed by atoms with Crippen molar-refractivity contribution in [1.82, 2.24) is 0 Å². The van der Waals surface area contributed by atoms with Crippen LogP contribution in [-0.4, -0.2) is 54.1 Å². The summed E-state index contributed by atoms with van der Waals surface area (Å²) >= 11 is 0. The Balaban J connectivity index is 0.000000277. The summed E-state index contributed by atoms with van der Waals surface area (Å²) in [6, 6.07) is 9.84. The molecule has 5 rings (SSSR count). The predicted octanol–water partition coefficient (Wildman–Crippen LogP) is 1.15. The van der Waals surface area contributed by atoms with Gasteiger partial charge in [-0.1, -0.05) is 0 Å². The third kappa shape index (κ3) is 6.43. The van der Waals surface area contributed by atoms with Crippen molar-refractivity contribution < 1.29 is 58.9 Å². The zero-order valence-corrected chi connectivity index (χ0v) is 19.0. The van der Waals surface area contributed by atoms with E-state index in [0.717, 1.165) is 46.5 Å². The number of ether oxygens (including phenoxy) is 3. The Morgan fingerprint density at radius 3 is 2.32 bits per heavy atom. The average Bonchev–Trinajstić information content (AvgIpc) is 3.19. The third-order valence-electron chi connectivity index (χ3n) is 4.80. The normalized spacial score (nSPS) is 13.6. The second kappa shape index (κ2) is 9.57. The molecule has 0 radical (unpaired) electrons. The van der Waals surface area contributed by atoms with Crippen LogP contribution in [0.4, 0.5) is 0 Å². The van der Waals surface area contributed by atoms with E-state index in [-0.39, 0.29) is 12.5 Å². The Labute approximate surface area is 193 Å². The molecule has 0 aliphatic carbocycles. The molecule has 0 spiro atoms. The maximum atomic E-state index is 10.2. The molecule has 184 valence electrons. The number of phenolic OH excluding ortho intramolecular Hbond substituents is 1. The van der Waals surface area contributed by atoms with E-state index in [4.69, 9.17) is 49.3 Å². The molecule has 13 nitrogen and oxygen atoms in total. The van der Waals surface area contributed by atoms with Gasteiger partial charge in [0, 0.05) is 12.5 Å². The topological polar surface area (TPSA) is 204 Å². The molecule has 34 heavy (non-hydrogen) atoms. The smallest absolute Gasteiger partial charge is 0.394 e. The summed E-state index contributed by atoms with van der Waals surface area (Å²) in [7, 11) is -8.01. The monoisotopic (exact) mass is 517 g/mol. The van der Waals surface area contributed by atoms with Crippen LogP contribution in [0.2, 0.25) is 0 Å². The Hall–Kier alpha value is -3.21. The van der Waals surface area contributed by atoms with Crippen LogP contribution in [0, 0.1) is 0 Å². The average molecular weight is 517 g/mol. The van der Waals surface area contributed by atoms with E-state index in [1.54, 1.807) is 13.2 Å². The lowest BCUT2D eigenvalue weighted by atomic mass is 9.95. The second-order valence-corrected chi connectivity index (χ2v) is 8.71. The number of aryl methyl sites for hydroxylation is 2. The van der Waals surface area contributed by atoms with Crippen molar-refractivity contribution in [3.8, 4) is 34.3 Å². The molecule has 2 aliphatic rings. The van der Waals surface area contributed by atoms with Crippen LogP contribution in [0.25, 0.3) is 22.0 Å². The van der Waals surface area contributed by atoms with Gasteiger partial charge in [-0.25, -0.2) is 8.42 Å². The number of rotatable bonds is 1. The van der Waals surface area contributed by atoms with Crippen molar-refractivity contribution in [2.45, 2.75) is 13.0 Å². The maximum absolute atomic E-state index is 10.2. The third-order valence-corrected chi connectivity index (χ3v) is 4.80. The summed E-state index contributed by atoms with van der Waals surface area (Å²) in [6.07, 6.45) is 3.00. The molecule has 4 N–H and O–H groups in total. The molecule has 0 atom stereocenters. The summed E-state index contributed by atoms with van der Waals surface area (Å²) in [5, 5.41) is 12.3. The molecule has 2 aliphatic heterocycles. The number of nitrogens with zero attached hydrogens (tertiary/aromatic N) is 1. The number of fused-ring (bicyclic) bond motifs is 6. The summed E-state index contributed by atoms with van der Waals surface area (Å²) in [5.74, 6) is 2.29. The highest BCUT2D eigenvalue weighted by Gasteiger charge is 2.27. The minimum atomic E-state index is -4.92. The molecule has 0 fully saturated rings. The standard InChI is InChI=1S/C19H15NO4.2H2O4S/c1-22-18-7-12-4-5-20-9-14-11(2-3-17-19(14)24-10-23-17)6-15(20)13(12)8-16(18)21;2*1-5(2,3)4/h2-3,6-9H,4-5,10H2,1H3;2*(H2,1,2,3,4). The molecule has 0 amide bonds. The lowest BCUT2D eigenvalue weighted by Crippen LogP contribution is -2.40.